The summed E-state index contributed by atoms with van der Waals surface area (Å²) in [5.41, 5.74) is 1.95. The highest BCUT2D eigenvalue weighted by Crippen LogP contribution is 2.23. The van der Waals surface area contributed by atoms with Crippen molar-refractivity contribution in [1.29, 1.82) is 5.26 Å². The quantitative estimate of drug-likeness (QED) is 0.774. The zero-order chi connectivity index (χ0) is 12.8. The van der Waals surface area contributed by atoms with Crippen molar-refractivity contribution in [1.82, 2.24) is 0 Å². The molecule has 0 N–H and O–H groups in total. The third-order valence-electron chi connectivity index (χ3n) is 3.21. The highest BCUT2D eigenvalue weighted by Gasteiger charge is 2.25. The Kier molecular flexibility index (Phi) is 4.90. The van der Waals surface area contributed by atoms with Gasteiger partial charge >= 0.3 is 0 Å². The van der Waals surface area contributed by atoms with E-state index in [1.165, 1.54) is 0 Å². The lowest BCUT2D eigenvalue weighted by Crippen LogP contribution is -2.20. The second kappa shape index (κ2) is 6.20. The van der Waals surface area contributed by atoms with Crippen LogP contribution in [0.3, 0.4) is 0 Å². The third kappa shape index (κ3) is 3.17. The van der Waals surface area contributed by atoms with Crippen LogP contribution in [0.15, 0.2) is 24.3 Å². The fourth-order valence-electron chi connectivity index (χ4n) is 1.99. The standard InChI is InChI=1S/C15H19NO/c1-4-12(5-2)15(17)14(10-16)13-8-6-11(3)7-9-13/h6-9,12,14H,4-5H2,1-3H3. The van der Waals surface area contributed by atoms with Crippen LogP contribution >= 0.6 is 0 Å². The number of ketones is 1. The summed E-state index contributed by atoms with van der Waals surface area (Å²) >= 11 is 0. The molecule has 17 heavy (non-hydrogen) atoms. The minimum atomic E-state index is -0.611. The molecular weight excluding hydrogens is 210 g/mol. The zero-order valence-electron chi connectivity index (χ0n) is 10.7. The normalized spacial score (nSPS) is 12.2. The number of hydrogen-bond acceptors (Lipinski definition) is 2. The fraction of sp³-hybridized carbons (Fsp3) is 0.467. The Morgan fingerprint density at radius 2 is 1.76 bits per heavy atom. The van der Waals surface area contributed by atoms with Gasteiger partial charge in [0.1, 0.15) is 5.92 Å². The fourth-order valence-corrected chi connectivity index (χ4v) is 1.99. The molecule has 0 aromatic heterocycles. The van der Waals surface area contributed by atoms with E-state index >= 15 is 0 Å². The largest absolute Gasteiger partial charge is 0.298 e. The molecule has 2 nitrogen and oxygen atoms in total. The summed E-state index contributed by atoms with van der Waals surface area (Å²) in [7, 11) is 0. The van der Waals surface area contributed by atoms with Gasteiger partial charge in [-0.05, 0) is 25.3 Å². The van der Waals surface area contributed by atoms with Crippen molar-refractivity contribution in [2.24, 2.45) is 5.92 Å². The molecule has 1 unspecified atom stereocenters. The lowest BCUT2D eigenvalue weighted by Gasteiger charge is -2.15. The number of Topliss-reactive ketones (excluding diaryl/α,β-unsaturated/α-hetero) is 1. The summed E-state index contributed by atoms with van der Waals surface area (Å²) in [5.74, 6) is -0.553. The van der Waals surface area contributed by atoms with Crippen molar-refractivity contribution in [3.63, 3.8) is 0 Å². The third-order valence-corrected chi connectivity index (χ3v) is 3.21. The number of carbonyl (C=O) groups is 1. The van der Waals surface area contributed by atoms with Gasteiger partial charge in [0.25, 0.3) is 0 Å². The number of nitriles is 1. The maximum absolute atomic E-state index is 12.2. The summed E-state index contributed by atoms with van der Waals surface area (Å²) in [5, 5.41) is 9.19. The van der Waals surface area contributed by atoms with E-state index in [9.17, 15) is 10.1 Å². The molecule has 0 bridgehead atoms. The van der Waals surface area contributed by atoms with E-state index in [2.05, 4.69) is 6.07 Å². The second-order valence-corrected chi connectivity index (χ2v) is 4.39. The van der Waals surface area contributed by atoms with Crippen molar-refractivity contribution < 1.29 is 4.79 Å². The van der Waals surface area contributed by atoms with Crippen molar-refractivity contribution in [2.75, 3.05) is 0 Å². The maximum Gasteiger partial charge on any atom is 0.157 e. The minimum Gasteiger partial charge on any atom is -0.298 e. The number of rotatable bonds is 5. The Balaban J connectivity index is 2.96. The van der Waals surface area contributed by atoms with Crippen LogP contribution < -0.4 is 0 Å². The summed E-state index contributed by atoms with van der Waals surface area (Å²) < 4.78 is 0. The molecule has 0 radical (unpaired) electrons. The summed E-state index contributed by atoms with van der Waals surface area (Å²) in [4.78, 5) is 12.2. The van der Waals surface area contributed by atoms with Crippen LogP contribution in [0.5, 0.6) is 0 Å². The molecule has 0 spiro atoms. The van der Waals surface area contributed by atoms with E-state index in [-0.39, 0.29) is 11.7 Å². The monoisotopic (exact) mass is 229 g/mol. The first-order chi connectivity index (χ1) is 8.13. The predicted molar refractivity (Wildman–Crippen MR) is 68.6 cm³/mol. The molecule has 0 saturated heterocycles. The minimum absolute atomic E-state index is 0.000882. The van der Waals surface area contributed by atoms with Gasteiger partial charge < -0.3 is 0 Å². The maximum atomic E-state index is 12.2. The average Bonchev–Trinajstić information content (AvgIpc) is 2.34. The van der Waals surface area contributed by atoms with E-state index in [0.717, 1.165) is 24.0 Å². The Morgan fingerprint density at radius 1 is 1.24 bits per heavy atom. The van der Waals surface area contributed by atoms with Crippen LogP contribution in [0.1, 0.15) is 43.7 Å². The van der Waals surface area contributed by atoms with Crippen LogP contribution in [0.2, 0.25) is 0 Å². The molecule has 1 atom stereocenters. The average molecular weight is 229 g/mol. The van der Waals surface area contributed by atoms with E-state index in [1.54, 1.807) is 0 Å². The van der Waals surface area contributed by atoms with Gasteiger partial charge in [0.05, 0.1) is 6.07 Å². The summed E-state index contributed by atoms with van der Waals surface area (Å²) in [6, 6.07) is 9.78. The molecule has 0 heterocycles. The van der Waals surface area contributed by atoms with E-state index < -0.39 is 5.92 Å². The Hall–Kier alpha value is -1.62. The SMILES string of the molecule is CCC(CC)C(=O)C(C#N)c1ccc(C)cc1. The van der Waals surface area contributed by atoms with Crippen LogP contribution in [0, 0.1) is 24.2 Å². The van der Waals surface area contributed by atoms with Gasteiger partial charge in [0.15, 0.2) is 5.78 Å². The molecule has 0 fully saturated rings. The van der Waals surface area contributed by atoms with E-state index in [4.69, 9.17) is 0 Å². The molecule has 1 aromatic rings. The van der Waals surface area contributed by atoms with Crippen molar-refractivity contribution in [3.8, 4) is 6.07 Å². The first kappa shape index (κ1) is 13.4. The van der Waals surface area contributed by atoms with Crippen molar-refractivity contribution in [3.05, 3.63) is 35.4 Å². The molecule has 0 aliphatic heterocycles. The van der Waals surface area contributed by atoms with Gasteiger partial charge in [0, 0.05) is 5.92 Å². The van der Waals surface area contributed by atoms with E-state index in [0.29, 0.717) is 0 Å². The highest BCUT2D eigenvalue weighted by atomic mass is 16.1. The highest BCUT2D eigenvalue weighted by molar-refractivity contribution is 5.90. The van der Waals surface area contributed by atoms with Crippen molar-refractivity contribution >= 4 is 5.78 Å². The number of benzene rings is 1. The lowest BCUT2D eigenvalue weighted by molar-refractivity contribution is -0.123. The van der Waals surface area contributed by atoms with Gasteiger partial charge in [-0.1, -0.05) is 43.7 Å². The number of aryl methyl sites for hydroxylation is 1. The number of nitrogens with zero attached hydrogens (tertiary/aromatic N) is 1. The van der Waals surface area contributed by atoms with Crippen LogP contribution in [0.4, 0.5) is 0 Å². The molecule has 1 rings (SSSR count). The molecule has 90 valence electrons. The van der Waals surface area contributed by atoms with Crippen LogP contribution in [-0.4, -0.2) is 5.78 Å². The smallest absolute Gasteiger partial charge is 0.157 e. The number of carbonyl (C=O) groups excluding carboxylic acids is 1. The molecule has 0 aliphatic carbocycles. The second-order valence-electron chi connectivity index (χ2n) is 4.39. The van der Waals surface area contributed by atoms with Gasteiger partial charge in [-0.15, -0.1) is 0 Å². The van der Waals surface area contributed by atoms with Crippen molar-refractivity contribution in [2.45, 2.75) is 39.5 Å². The van der Waals surface area contributed by atoms with Gasteiger partial charge in [-0.2, -0.15) is 5.26 Å². The first-order valence-corrected chi connectivity index (χ1v) is 6.13. The molecule has 1 aromatic carbocycles. The Morgan fingerprint density at radius 3 is 2.18 bits per heavy atom. The summed E-state index contributed by atoms with van der Waals surface area (Å²) in [6.07, 6.45) is 1.61. The predicted octanol–water partition coefficient (Wildman–Crippen LogP) is 3.61. The first-order valence-electron chi connectivity index (χ1n) is 6.13. The summed E-state index contributed by atoms with van der Waals surface area (Å²) in [6.45, 7) is 5.99. The zero-order valence-corrected chi connectivity index (χ0v) is 10.7. The topological polar surface area (TPSA) is 40.9 Å². The number of hydrogen-bond donors (Lipinski definition) is 0. The molecule has 2 heteroatoms. The van der Waals surface area contributed by atoms with Gasteiger partial charge in [0.2, 0.25) is 0 Å². The molecule has 0 aliphatic rings. The van der Waals surface area contributed by atoms with E-state index in [1.807, 2.05) is 45.0 Å². The van der Waals surface area contributed by atoms with Crippen LogP contribution in [0.25, 0.3) is 0 Å². The molecule has 0 amide bonds. The molecule has 0 saturated carbocycles. The molecular formula is C15H19NO. The lowest BCUT2D eigenvalue weighted by atomic mass is 9.85. The van der Waals surface area contributed by atoms with Gasteiger partial charge in [-0.25, -0.2) is 0 Å². The van der Waals surface area contributed by atoms with Gasteiger partial charge in [-0.3, -0.25) is 4.79 Å². The van der Waals surface area contributed by atoms with Crippen LogP contribution in [-0.2, 0) is 4.79 Å². The Bertz CT molecular complexity index is 410. The Labute approximate surface area is 103 Å².